The third-order valence-corrected chi connectivity index (χ3v) is 3.72. The highest BCUT2D eigenvalue weighted by atomic mass is 79.9. The number of ether oxygens (including phenoxy) is 1. The fourth-order valence-electron chi connectivity index (χ4n) is 2.18. The van der Waals surface area contributed by atoms with Crippen LogP contribution in [0.15, 0.2) is 46.9 Å². The molecule has 0 saturated carbocycles. The van der Waals surface area contributed by atoms with Gasteiger partial charge in [-0.1, -0.05) is 28.1 Å². The lowest BCUT2D eigenvalue weighted by atomic mass is 9.88. The van der Waals surface area contributed by atoms with Crippen molar-refractivity contribution in [3.05, 3.63) is 63.9 Å². The molecule has 2 aromatic rings. The fourth-order valence-corrected chi connectivity index (χ4v) is 2.59. The van der Waals surface area contributed by atoms with Crippen LogP contribution in [0, 0.1) is 5.82 Å². The van der Waals surface area contributed by atoms with Crippen molar-refractivity contribution in [1.29, 1.82) is 0 Å². The minimum atomic E-state index is -1.17. The molecule has 2 aromatic carbocycles. The molecular formula is C16H16BrFO2. The molecule has 4 heteroatoms. The van der Waals surface area contributed by atoms with E-state index in [9.17, 15) is 9.50 Å². The molecule has 0 aliphatic heterocycles. The van der Waals surface area contributed by atoms with Crippen LogP contribution in [0.3, 0.4) is 0 Å². The smallest absolute Gasteiger partial charge is 0.123 e. The van der Waals surface area contributed by atoms with Gasteiger partial charge in [0.25, 0.3) is 0 Å². The summed E-state index contributed by atoms with van der Waals surface area (Å²) in [4.78, 5) is 0. The molecule has 0 amide bonds. The van der Waals surface area contributed by atoms with Gasteiger partial charge >= 0.3 is 0 Å². The molecule has 0 aliphatic rings. The number of halogens is 2. The normalized spacial score (nSPS) is 13.8. The molecule has 0 saturated heterocycles. The summed E-state index contributed by atoms with van der Waals surface area (Å²) in [5.74, 6) is 0.342. The van der Waals surface area contributed by atoms with Crippen LogP contribution in [0.25, 0.3) is 0 Å². The molecule has 0 fully saturated rings. The standard InChI is InChI=1S/C16H16BrFO2/c1-16(19,12-4-3-5-14(18)9-12)10-11-8-13(17)6-7-15(11)20-2/h3-9,19H,10H2,1-2H3. The van der Waals surface area contributed by atoms with E-state index in [1.807, 2.05) is 18.2 Å². The first-order chi connectivity index (χ1) is 9.42. The van der Waals surface area contributed by atoms with Gasteiger partial charge in [-0.2, -0.15) is 0 Å². The van der Waals surface area contributed by atoms with Crippen LogP contribution in [-0.4, -0.2) is 12.2 Å². The molecule has 2 rings (SSSR count). The van der Waals surface area contributed by atoms with E-state index in [0.29, 0.717) is 17.7 Å². The summed E-state index contributed by atoms with van der Waals surface area (Å²) in [6, 6.07) is 11.6. The van der Waals surface area contributed by atoms with E-state index < -0.39 is 5.60 Å². The van der Waals surface area contributed by atoms with Crippen LogP contribution < -0.4 is 4.74 Å². The van der Waals surface area contributed by atoms with Crippen LogP contribution in [0.2, 0.25) is 0 Å². The summed E-state index contributed by atoms with van der Waals surface area (Å²) >= 11 is 3.40. The molecule has 20 heavy (non-hydrogen) atoms. The Morgan fingerprint density at radius 3 is 2.65 bits per heavy atom. The summed E-state index contributed by atoms with van der Waals surface area (Å²) in [5, 5.41) is 10.6. The summed E-state index contributed by atoms with van der Waals surface area (Å²) in [7, 11) is 1.59. The van der Waals surface area contributed by atoms with Crippen molar-refractivity contribution in [2.75, 3.05) is 7.11 Å². The van der Waals surface area contributed by atoms with Gasteiger partial charge in [0.05, 0.1) is 12.7 Å². The first-order valence-corrected chi connectivity index (χ1v) is 7.02. The lowest BCUT2D eigenvalue weighted by Gasteiger charge is -2.25. The Morgan fingerprint density at radius 2 is 2.00 bits per heavy atom. The van der Waals surface area contributed by atoms with E-state index in [1.54, 1.807) is 26.2 Å². The molecule has 2 nitrogen and oxygen atoms in total. The van der Waals surface area contributed by atoms with Gasteiger partial charge in [0, 0.05) is 10.9 Å². The van der Waals surface area contributed by atoms with Crippen molar-refractivity contribution < 1.29 is 14.2 Å². The lowest BCUT2D eigenvalue weighted by Crippen LogP contribution is -2.24. The van der Waals surface area contributed by atoms with Crippen molar-refractivity contribution in [1.82, 2.24) is 0 Å². The van der Waals surface area contributed by atoms with Crippen LogP contribution in [0.5, 0.6) is 5.75 Å². The second kappa shape index (κ2) is 5.94. The van der Waals surface area contributed by atoms with Crippen LogP contribution in [0.4, 0.5) is 4.39 Å². The second-order valence-electron chi connectivity index (χ2n) is 4.92. The first-order valence-electron chi connectivity index (χ1n) is 6.23. The van der Waals surface area contributed by atoms with E-state index in [4.69, 9.17) is 4.74 Å². The topological polar surface area (TPSA) is 29.5 Å². The number of hydrogen-bond acceptors (Lipinski definition) is 2. The molecule has 106 valence electrons. The number of methoxy groups -OCH3 is 1. The maximum absolute atomic E-state index is 13.3. The number of benzene rings is 2. The Hall–Kier alpha value is -1.39. The van der Waals surface area contributed by atoms with Crippen LogP contribution in [0.1, 0.15) is 18.1 Å². The molecule has 0 aliphatic carbocycles. The van der Waals surface area contributed by atoms with Crippen LogP contribution in [-0.2, 0) is 12.0 Å². The largest absolute Gasteiger partial charge is 0.496 e. The molecular weight excluding hydrogens is 323 g/mol. The molecule has 1 unspecified atom stereocenters. The van der Waals surface area contributed by atoms with Gasteiger partial charge in [-0.3, -0.25) is 0 Å². The maximum Gasteiger partial charge on any atom is 0.123 e. The minimum Gasteiger partial charge on any atom is -0.496 e. The van der Waals surface area contributed by atoms with Crippen molar-refractivity contribution >= 4 is 15.9 Å². The SMILES string of the molecule is COc1ccc(Br)cc1CC(C)(O)c1cccc(F)c1. The Balaban J connectivity index is 2.35. The van der Waals surface area contributed by atoms with Gasteiger partial charge in [-0.15, -0.1) is 0 Å². The molecule has 0 spiro atoms. The zero-order valence-corrected chi connectivity index (χ0v) is 12.9. The Bertz CT molecular complexity index is 611. The van der Waals surface area contributed by atoms with Gasteiger partial charge < -0.3 is 9.84 Å². The minimum absolute atomic E-state index is 0.332. The number of rotatable bonds is 4. The van der Waals surface area contributed by atoms with Crippen LogP contribution >= 0.6 is 15.9 Å². The van der Waals surface area contributed by atoms with Gasteiger partial charge in [-0.25, -0.2) is 4.39 Å². The molecule has 1 N–H and O–H groups in total. The Kier molecular flexibility index (Phi) is 4.45. The van der Waals surface area contributed by atoms with Crippen molar-refractivity contribution in [3.63, 3.8) is 0 Å². The summed E-state index contributed by atoms with van der Waals surface area (Å²) in [5.41, 5.74) is 0.228. The van der Waals surface area contributed by atoms with Crippen molar-refractivity contribution in [3.8, 4) is 5.75 Å². The van der Waals surface area contributed by atoms with E-state index in [-0.39, 0.29) is 5.82 Å². The third-order valence-electron chi connectivity index (χ3n) is 3.22. The van der Waals surface area contributed by atoms with E-state index in [0.717, 1.165) is 10.0 Å². The molecule has 0 bridgehead atoms. The average Bonchev–Trinajstić information content (AvgIpc) is 2.38. The first kappa shape index (κ1) is 15.0. The fraction of sp³-hybridized carbons (Fsp3) is 0.250. The predicted molar refractivity (Wildman–Crippen MR) is 80.4 cm³/mol. The molecule has 0 radical (unpaired) electrons. The summed E-state index contributed by atoms with van der Waals surface area (Å²) < 4.78 is 19.5. The van der Waals surface area contributed by atoms with Crippen molar-refractivity contribution in [2.24, 2.45) is 0 Å². The van der Waals surface area contributed by atoms with Crippen molar-refractivity contribution in [2.45, 2.75) is 18.9 Å². The molecule has 0 aromatic heterocycles. The second-order valence-corrected chi connectivity index (χ2v) is 5.83. The highest BCUT2D eigenvalue weighted by molar-refractivity contribution is 9.10. The van der Waals surface area contributed by atoms with Gasteiger partial charge in [0.15, 0.2) is 0 Å². The zero-order valence-electron chi connectivity index (χ0n) is 11.4. The number of aliphatic hydroxyl groups is 1. The quantitative estimate of drug-likeness (QED) is 0.911. The average molecular weight is 339 g/mol. The number of hydrogen-bond donors (Lipinski definition) is 1. The lowest BCUT2D eigenvalue weighted by molar-refractivity contribution is 0.0566. The highest BCUT2D eigenvalue weighted by Crippen LogP contribution is 2.31. The summed E-state index contributed by atoms with van der Waals surface area (Å²) in [6.45, 7) is 1.67. The Labute approximate surface area is 126 Å². The van der Waals surface area contributed by atoms with Gasteiger partial charge in [-0.05, 0) is 48.4 Å². The van der Waals surface area contributed by atoms with E-state index >= 15 is 0 Å². The molecule has 0 heterocycles. The monoisotopic (exact) mass is 338 g/mol. The Morgan fingerprint density at radius 1 is 1.25 bits per heavy atom. The van der Waals surface area contributed by atoms with Gasteiger partial charge in [0.1, 0.15) is 11.6 Å². The van der Waals surface area contributed by atoms with Gasteiger partial charge in [0.2, 0.25) is 0 Å². The zero-order chi connectivity index (χ0) is 14.8. The highest BCUT2D eigenvalue weighted by Gasteiger charge is 2.25. The summed E-state index contributed by atoms with van der Waals surface area (Å²) in [6.07, 6.45) is 0.332. The molecule has 1 atom stereocenters. The van der Waals surface area contributed by atoms with E-state index in [2.05, 4.69) is 15.9 Å². The maximum atomic E-state index is 13.3. The third kappa shape index (κ3) is 3.38. The van der Waals surface area contributed by atoms with E-state index in [1.165, 1.54) is 12.1 Å². The predicted octanol–water partition coefficient (Wildman–Crippen LogP) is 4.05.